The molecular formula is C20H21N3O2S. The van der Waals surface area contributed by atoms with Crippen LogP contribution in [0, 0.1) is 0 Å². The largest absolute Gasteiger partial charge is 0.361 e. The van der Waals surface area contributed by atoms with Crippen LogP contribution in [0.4, 0.5) is 0 Å². The number of aromatic amines is 1. The van der Waals surface area contributed by atoms with E-state index < -0.39 is 0 Å². The molecule has 26 heavy (non-hydrogen) atoms. The lowest BCUT2D eigenvalue weighted by Gasteiger charge is -2.34. The van der Waals surface area contributed by atoms with E-state index >= 15 is 0 Å². The standard InChI is InChI=1S/C20H21N3O2S/c24-19(8-7-15-14-21-17-5-2-1-4-16(15)17)22-9-11-23(12-10-22)20(25)18-6-3-13-26-18/h1-6,13-14,21H,7-12H2. The molecule has 3 heterocycles. The number of carbonyl (C=O) groups excluding carboxylic acids is 2. The number of aryl methyl sites for hydroxylation is 1. The fourth-order valence-electron chi connectivity index (χ4n) is 3.45. The van der Waals surface area contributed by atoms with E-state index in [1.807, 2.05) is 51.7 Å². The number of nitrogens with zero attached hydrogens (tertiary/aromatic N) is 2. The minimum absolute atomic E-state index is 0.0749. The van der Waals surface area contributed by atoms with Gasteiger partial charge in [0.25, 0.3) is 5.91 Å². The first-order chi connectivity index (χ1) is 12.7. The van der Waals surface area contributed by atoms with E-state index in [0.29, 0.717) is 32.6 Å². The number of hydrogen-bond acceptors (Lipinski definition) is 3. The third kappa shape index (κ3) is 3.37. The molecule has 2 aromatic heterocycles. The summed E-state index contributed by atoms with van der Waals surface area (Å²) in [6.07, 6.45) is 3.23. The number of aromatic nitrogens is 1. The molecule has 0 spiro atoms. The van der Waals surface area contributed by atoms with Gasteiger partial charge in [0.1, 0.15) is 0 Å². The normalized spacial score (nSPS) is 14.8. The second kappa shape index (κ2) is 7.33. The predicted octanol–water partition coefficient (Wildman–Crippen LogP) is 3.15. The maximum absolute atomic E-state index is 12.5. The molecule has 0 atom stereocenters. The lowest BCUT2D eigenvalue weighted by molar-refractivity contribution is -0.132. The van der Waals surface area contributed by atoms with Crippen molar-refractivity contribution in [2.24, 2.45) is 0 Å². The van der Waals surface area contributed by atoms with Crippen molar-refractivity contribution in [3.05, 3.63) is 58.4 Å². The second-order valence-corrected chi connectivity index (χ2v) is 7.46. The van der Waals surface area contributed by atoms with E-state index in [-0.39, 0.29) is 11.8 Å². The number of fused-ring (bicyclic) bond motifs is 1. The highest BCUT2D eigenvalue weighted by molar-refractivity contribution is 7.12. The van der Waals surface area contributed by atoms with Gasteiger partial charge < -0.3 is 14.8 Å². The molecule has 1 N–H and O–H groups in total. The molecule has 0 unspecified atom stereocenters. The van der Waals surface area contributed by atoms with Crippen molar-refractivity contribution in [2.45, 2.75) is 12.8 Å². The predicted molar refractivity (Wildman–Crippen MR) is 103 cm³/mol. The number of hydrogen-bond donors (Lipinski definition) is 1. The van der Waals surface area contributed by atoms with Crippen LogP contribution in [0.5, 0.6) is 0 Å². The van der Waals surface area contributed by atoms with Crippen molar-refractivity contribution in [3.8, 4) is 0 Å². The molecule has 1 aliphatic rings. The highest BCUT2D eigenvalue weighted by atomic mass is 32.1. The molecule has 1 saturated heterocycles. The van der Waals surface area contributed by atoms with Crippen molar-refractivity contribution in [1.29, 1.82) is 0 Å². The highest BCUT2D eigenvalue weighted by Gasteiger charge is 2.25. The number of nitrogens with one attached hydrogen (secondary N) is 1. The topological polar surface area (TPSA) is 56.4 Å². The Bertz CT molecular complexity index is 908. The Hall–Kier alpha value is -2.60. The molecule has 0 aliphatic carbocycles. The monoisotopic (exact) mass is 367 g/mol. The van der Waals surface area contributed by atoms with Crippen molar-refractivity contribution in [1.82, 2.24) is 14.8 Å². The Morgan fingerprint density at radius 1 is 1.00 bits per heavy atom. The fourth-order valence-corrected chi connectivity index (χ4v) is 4.14. The molecule has 0 bridgehead atoms. The number of piperazine rings is 1. The second-order valence-electron chi connectivity index (χ2n) is 6.51. The average molecular weight is 367 g/mol. The Labute approximate surface area is 156 Å². The van der Waals surface area contributed by atoms with E-state index in [0.717, 1.165) is 16.8 Å². The van der Waals surface area contributed by atoms with Crippen LogP contribution in [0.2, 0.25) is 0 Å². The van der Waals surface area contributed by atoms with E-state index in [9.17, 15) is 9.59 Å². The van der Waals surface area contributed by atoms with E-state index in [1.165, 1.54) is 22.3 Å². The minimum atomic E-state index is 0.0749. The molecule has 1 fully saturated rings. The fraction of sp³-hybridized carbons (Fsp3) is 0.300. The summed E-state index contributed by atoms with van der Waals surface area (Å²) >= 11 is 1.46. The highest BCUT2D eigenvalue weighted by Crippen LogP contribution is 2.20. The Kier molecular flexibility index (Phi) is 4.75. The molecule has 1 aromatic carbocycles. The lowest BCUT2D eigenvalue weighted by Crippen LogP contribution is -2.50. The van der Waals surface area contributed by atoms with Gasteiger partial charge in [0.05, 0.1) is 4.88 Å². The van der Waals surface area contributed by atoms with E-state index in [4.69, 9.17) is 0 Å². The van der Waals surface area contributed by atoms with Crippen LogP contribution >= 0.6 is 11.3 Å². The number of H-pyrrole nitrogens is 1. The maximum Gasteiger partial charge on any atom is 0.264 e. The zero-order valence-corrected chi connectivity index (χ0v) is 15.3. The van der Waals surface area contributed by atoms with E-state index in [1.54, 1.807) is 0 Å². The van der Waals surface area contributed by atoms with Gasteiger partial charge in [-0.25, -0.2) is 0 Å². The Morgan fingerprint density at radius 2 is 1.77 bits per heavy atom. The average Bonchev–Trinajstić information content (AvgIpc) is 3.36. The summed E-state index contributed by atoms with van der Waals surface area (Å²) in [4.78, 5) is 32.7. The third-order valence-corrected chi connectivity index (χ3v) is 5.79. The lowest BCUT2D eigenvalue weighted by atomic mass is 10.1. The van der Waals surface area contributed by atoms with Crippen molar-refractivity contribution >= 4 is 34.1 Å². The van der Waals surface area contributed by atoms with Gasteiger partial charge in [0.2, 0.25) is 5.91 Å². The molecule has 0 radical (unpaired) electrons. The Balaban J connectivity index is 1.30. The molecule has 4 rings (SSSR count). The van der Waals surface area contributed by atoms with Crippen molar-refractivity contribution in [2.75, 3.05) is 26.2 Å². The smallest absolute Gasteiger partial charge is 0.264 e. The molecule has 6 heteroatoms. The van der Waals surface area contributed by atoms with Gasteiger partial charge in [-0.3, -0.25) is 9.59 Å². The van der Waals surface area contributed by atoms with Gasteiger partial charge in [-0.2, -0.15) is 0 Å². The van der Waals surface area contributed by atoms with E-state index in [2.05, 4.69) is 11.1 Å². The molecule has 0 saturated carbocycles. The van der Waals surface area contributed by atoms with Crippen LogP contribution < -0.4 is 0 Å². The zero-order valence-electron chi connectivity index (χ0n) is 14.5. The van der Waals surface area contributed by atoms with Crippen LogP contribution in [0.3, 0.4) is 0 Å². The van der Waals surface area contributed by atoms with Gasteiger partial charge >= 0.3 is 0 Å². The minimum Gasteiger partial charge on any atom is -0.361 e. The molecule has 5 nitrogen and oxygen atoms in total. The van der Waals surface area contributed by atoms with Crippen molar-refractivity contribution in [3.63, 3.8) is 0 Å². The maximum atomic E-state index is 12.5. The van der Waals surface area contributed by atoms with Gasteiger partial charge in [-0.05, 0) is 29.5 Å². The summed E-state index contributed by atoms with van der Waals surface area (Å²) in [6, 6.07) is 11.9. The number of benzene rings is 1. The van der Waals surface area contributed by atoms with Crippen molar-refractivity contribution < 1.29 is 9.59 Å². The number of para-hydroxylation sites is 1. The van der Waals surface area contributed by atoms with Crippen LogP contribution in [-0.4, -0.2) is 52.8 Å². The number of thiophene rings is 1. The number of amides is 2. The first-order valence-electron chi connectivity index (χ1n) is 8.88. The quantitative estimate of drug-likeness (QED) is 0.770. The van der Waals surface area contributed by atoms with Crippen LogP contribution in [0.25, 0.3) is 10.9 Å². The summed E-state index contributed by atoms with van der Waals surface area (Å²) in [5.74, 6) is 0.240. The first-order valence-corrected chi connectivity index (χ1v) is 9.76. The number of carbonyl (C=O) groups is 2. The summed E-state index contributed by atoms with van der Waals surface area (Å²) in [5.41, 5.74) is 2.29. The number of rotatable bonds is 4. The zero-order chi connectivity index (χ0) is 17.9. The summed E-state index contributed by atoms with van der Waals surface area (Å²) in [7, 11) is 0. The van der Waals surface area contributed by atoms with Gasteiger partial charge in [0, 0.05) is 49.7 Å². The SMILES string of the molecule is O=C(CCc1c[nH]c2ccccc12)N1CCN(C(=O)c2cccs2)CC1. The third-order valence-electron chi connectivity index (χ3n) is 4.93. The summed E-state index contributed by atoms with van der Waals surface area (Å²) < 4.78 is 0. The molecule has 3 aromatic rings. The summed E-state index contributed by atoms with van der Waals surface area (Å²) in [6.45, 7) is 2.44. The summed E-state index contributed by atoms with van der Waals surface area (Å²) in [5, 5.41) is 3.10. The van der Waals surface area contributed by atoms with Gasteiger partial charge in [-0.15, -0.1) is 11.3 Å². The molecule has 1 aliphatic heterocycles. The van der Waals surface area contributed by atoms with Crippen LogP contribution in [-0.2, 0) is 11.2 Å². The molecule has 134 valence electrons. The first kappa shape index (κ1) is 16.8. The van der Waals surface area contributed by atoms with Gasteiger partial charge in [0.15, 0.2) is 0 Å². The van der Waals surface area contributed by atoms with Gasteiger partial charge in [-0.1, -0.05) is 24.3 Å². The Morgan fingerprint density at radius 3 is 2.54 bits per heavy atom. The van der Waals surface area contributed by atoms with Crippen LogP contribution in [0.15, 0.2) is 48.0 Å². The van der Waals surface area contributed by atoms with Crippen LogP contribution in [0.1, 0.15) is 21.7 Å². The molecule has 2 amide bonds. The molecular weight excluding hydrogens is 346 g/mol.